The molecule has 1 N–H and O–H groups in total. The number of hydrogen-bond acceptors (Lipinski definition) is 3. The molecule has 0 heterocycles. The lowest BCUT2D eigenvalue weighted by molar-refractivity contribution is -0.133. The van der Waals surface area contributed by atoms with Gasteiger partial charge in [-0.1, -0.05) is 12.1 Å². The maximum Gasteiger partial charge on any atom is 0.335 e. The minimum absolute atomic E-state index is 0.150. The zero-order chi connectivity index (χ0) is 13.8. The van der Waals surface area contributed by atoms with Gasteiger partial charge in [-0.2, -0.15) is 0 Å². The predicted molar refractivity (Wildman–Crippen MR) is 71.9 cm³/mol. The fraction of sp³-hybridized carbons (Fsp3) is 0.143. The average Bonchev–Trinajstić information content (AvgIpc) is 2.38. The highest BCUT2D eigenvalue weighted by Crippen LogP contribution is 2.22. The maximum atomic E-state index is 11.3. The second-order valence-corrected chi connectivity index (χ2v) is 4.32. The number of carbonyl (C=O) groups is 2. The molecule has 0 bridgehead atoms. The van der Waals surface area contributed by atoms with Gasteiger partial charge in [0.1, 0.15) is 5.75 Å². The van der Waals surface area contributed by atoms with Crippen LogP contribution in [0.3, 0.4) is 0 Å². The number of fused-ring (bicyclic) bond motifs is 1. The molecular weight excluding hydrogens is 268 g/mol. The fourth-order valence-electron chi connectivity index (χ4n) is 1.68. The molecule has 0 aromatic heterocycles. The van der Waals surface area contributed by atoms with E-state index in [1.165, 1.54) is 6.07 Å². The Morgan fingerprint density at radius 2 is 1.79 bits per heavy atom. The van der Waals surface area contributed by atoms with E-state index in [1.807, 2.05) is 0 Å². The van der Waals surface area contributed by atoms with E-state index < -0.39 is 11.9 Å². The molecular formula is C14H11ClO4. The van der Waals surface area contributed by atoms with Crippen molar-refractivity contribution in [3.8, 4) is 5.75 Å². The zero-order valence-electron chi connectivity index (χ0n) is 9.93. The fourth-order valence-corrected chi connectivity index (χ4v) is 1.83. The Kier molecular flexibility index (Phi) is 4.02. The summed E-state index contributed by atoms with van der Waals surface area (Å²) in [6, 6.07) is 9.78. The van der Waals surface area contributed by atoms with E-state index in [0.717, 1.165) is 10.8 Å². The summed E-state index contributed by atoms with van der Waals surface area (Å²) in [4.78, 5) is 22.2. The van der Waals surface area contributed by atoms with Crippen molar-refractivity contribution < 1.29 is 19.4 Å². The monoisotopic (exact) mass is 278 g/mol. The molecule has 2 aromatic carbocycles. The molecule has 2 aromatic rings. The topological polar surface area (TPSA) is 63.6 Å². The Morgan fingerprint density at radius 3 is 2.47 bits per heavy atom. The number of halogens is 1. The third-order valence-electron chi connectivity index (χ3n) is 2.59. The number of alkyl halides is 1. The van der Waals surface area contributed by atoms with Crippen molar-refractivity contribution in [1.82, 2.24) is 0 Å². The minimum atomic E-state index is -0.973. The number of benzene rings is 2. The van der Waals surface area contributed by atoms with E-state index >= 15 is 0 Å². The van der Waals surface area contributed by atoms with E-state index in [2.05, 4.69) is 0 Å². The third kappa shape index (κ3) is 3.23. The number of carboxylic acid groups (broad SMARTS) is 1. The van der Waals surface area contributed by atoms with E-state index in [4.69, 9.17) is 21.4 Å². The summed E-state index contributed by atoms with van der Waals surface area (Å²) in [5, 5.41) is 10.5. The molecule has 4 nitrogen and oxygen atoms in total. The van der Waals surface area contributed by atoms with Gasteiger partial charge in [-0.05, 0) is 35.0 Å². The first-order chi connectivity index (χ1) is 9.10. The first kappa shape index (κ1) is 13.4. The molecule has 0 aliphatic rings. The number of ether oxygens (including phenoxy) is 1. The third-order valence-corrected chi connectivity index (χ3v) is 2.78. The summed E-state index contributed by atoms with van der Waals surface area (Å²) in [6.45, 7) is 0. The van der Waals surface area contributed by atoms with Crippen LogP contribution in [-0.2, 0) is 4.79 Å². The molecule has 0 aliphatic heterocycles. The highest BCUT2D eigenvalue weighted by Gasteiger charge is 2.07. The van der Waals surface area contributed by atoms with Gasteiger partial charge in [-0.15, -0.1) is 11.6 Å². The summed E-state index contributed by atoms with van der Waals surface area (Å²) in [7, 11) is 0. The van der Waals surface area contributed by atoms with Crippen LogP contribution in [0.4, 0.5) is 0 Å². The second-order valence-electron chi connectivity index (χ2n) is 3.94. The number of hydrogen-bond donors (Lipinski definition) is 1. The number of rotatable bonds is 4. The largest absolute Gasteiger partial charge is 0.478 e. The van der Waals surface area contributed by atoms with Crippen LogP contribution in [0.2, 0.25) is 0 Å². The van der Waals surface area contributed by atoms with Crippen molar-refractivity contribution in [2.75, 3.05) is 5.88 Å². The quantitative estimate of drug-likeness (QED) is 0.530. The molecule has 0 saturated heterocycles. The van der Waals surface area contributed by atoms with Crippen LogP contribution in [0.5, 0.6) is 5.75 Å². The highest BCUT2D eigenvalue weighted by molar-refractivity contribution is 6.18. The molecule has 0 fully saturated rings. The number of esters is 1. The van der Waals surface area contributed by atoms with Gasteiger partial charge in [-0.25, -0.2) is 4.79 Å². The Morgan fingerprint density at radius 1 is 1.11 bits per heavy atom. The van der Waals surface area contributed by atoms with Crippen LogP contribution in [0, 0.1) is 0 Å². The van der Waals surface area contributed by atoms with Gasteiger partial charge in [0.15, 0.2) is 0 Å². The summed E-state index contributed by atoms with van der Waals surface area (Å²) >= 11 is 5.45. The molecule has 5 heteroatoms. The molecule has 0 radical (unpaired) electrons. The van der Waals surface area contributed by atoms with Crippen molar-refractivity contribution in [3.05, 3.63) is 42.0 Å². The Bertz CT molecular complexity index is 636. The lowest BCUT2D eigenvalue weighted by atomic mass is 10.1. The molecule has 0 amide bonds. The van der Waals surface area contributed by atoms with Crippen LogP contribution in [-0.4, -0.2) is 22.9 Å². The number of carbonyl (C=O) groups excluding carboxylic acids is 1. The standard InChI is InChI=1S/C14H11ClO4/c15-6-5-13(16)19-12-4-3-9-7-11(14(17)18)2-1-10(9)8-12/h1-4,7-8H,5-6H2,(H,17,18). The van der Waals surface area contributed by atoms with Gasteiger partial charge in [0.05, 0.1) is 12.0 Å². The van der Waals surface area contributed by atoms with Crippen molar-refractivity contribution in [2.24, 2.45) is 0 Å². The van der Waals surface area contributed by atoms with Crippen LogP contribution >= 0.6 is 11.6 Å². The van der Waals surface area contributed by atoms with Crippen LogP contribution in [0.1, 0.15) is 16.8 Å². The average molecular weight is 279 g/mol. The lowest BCUT2D eigenvalue weighted by Gasteiger charge is -2.05. The second kappa shape index (κ2) is 5.71. The summed E-state index contributed by atoms with van der Waals surface area (Å²) < 4.78 is 5.10. The first-order valence-corrected chi connectivity index (χ1v) is 6.17. The Hall–Kier alpha value is -2.07. The van der Waals surface area contributed by atoms with E-state index in [0.29, 0.717) is 5.75 Å². The van der Waals surface area contributed by atoms with E-state index in [1.54, 1.807) is 30.3 Å². The highest BCUT2D eigenvalue weighted by atomic mass is 35.5. The lowest BCUT2D eigenvalue weighted by Crippen LogP contribution is -2.07. The smallest absolute Gasteiger partial charge is 0.335 e. The molecule has 0 spiro atoms. The van der Waals surface area contributed by atoms with Gasteiger partial charge in [-0.3, -0.25) is 4.79 Å². The first-order valence-electron chi connectivity index (χ1n) is 5.64. The van der Waals surface area contributed by atoms with Gasteiger partial charge in [0.25, 0.3) is 0 Å². The summed E-state index contributed by atoms with van der Waals surface area (Å²) in [5.74, 6) is -0.726. The molecule has 0 unspecified atom stereocenters. The van der Waals surface area contributed by atoms with Crippen molar-refractivity contribution in [1.29, 1.82) is 0 Å². The summed E-state index contributed by atoms with van der Waals surface area (Å²) in [6.07, 6.45) is 0.150. The van der Waals surface area contributed by atoms with Crippen LogP contribution in [0.15, 0.2) is 36.4 Å². The van der Waals surface area contributed by atoms with Gasteiger partial charge in [0, 0.05) is 5.88 Å². The number of aromatic carboxylic acids is 1. The van der Waals surface area contributed by atoms with Crippen molar-refractivity contribution >= 4 is 34.3 Å². The SMILES string of the molecule is O=C(CCCl)Oc1ccc2cc(C(=O)O)ccc2c1. The zero-order valence-corrected chi connectivity index (χ0v) is 10.7. The number of carboxylic acids is 1. The minimum Gasteiger partial charge on any atom is -0.478 e. The normalized spacial score (nSPS) is 10.4. The van der Waals surface area contributed by atoms with Crippen LogP contribution in [0.25, 0.3) is 10.8 Å². The van der Waals surface area contributed by atoms with Crippen molar-refractivity contribution in [3.63, 3.8) is 0 Å². The van der Waals surface area contributed by atoms with Gasteiger partial charge >= 0.3 is 11.9 Å². The maximum absolute atomic E-state index is 11.3. The molecule has 19 heavy (non-hydrogen) atoms. The van der Waals surface area contributed by atoms with E-state index in [-0.39, 0.29) is 17.9 Å². The molecule has 0 atom stereocenters. The van der Waals surface area contributed by atoms with Crippen molar-refractivity contribution in [2.45, 2.75) is 6.42 Å². The molecule has 0 aliphatic carbocycles. The molecule has 2 rings (SSSR count). The van der Waals surface area contributed by atoms with Gasteiger partial charge < -0.3 is 9.84 Å². The van der Waals surface area contributed by atoms with E-state index in [9.17, 15) is 9.59 Å². The predicted octanol–water partition coefficient (Wildman–Crippen LogP) is 3.07. The molecule has 98 valence electrons. The Labute approximate surface area is 114 Å². The van der Waals surface area contributed by atoms with Crippen LogP contribution < -0.4 is 4.74 Å². The molecule has 0 saturated carbocycles. The Balaban J connectivity index is 2.29. The summed E-state index contributed by atoms with van der Waals surface area (Å²) in [5.41, 5.74) is 0.222. The van der Waals surface area contributed by atoms with Gasteiger partial charge in [0.2, 0.25) is 0 Å².